The highest BCUT2D eigenvalue weighted by molar-refractivity contribution is 14.0. The second-order valence-electron chi connectivity index (χ2n) is 4.82. The Morgan fingerprint density at radius 1 is 1.25 bits per heavy atom. The second kappa shape index (κ2) is 9.91. The van der Waals surface area contributed by atoms with Crippen molar-refractivity contribution in [2.24, 2.45) is 10.7 Å². The molecule has 0 saturated heterocycles. The molecule has 0 aliphatic heterocycles. The molecule has 1 aromatic carbocycles. The topological polar surface area (TPSA) is 92.6 Å². The molecule has 0 bridgehead atoms. The number of furan rings is 1. The summed E-state index contributed by atoms with van der Waals surface area (Å²) in [6, 6.07) is 9.85. The van der Waals surface area contributed by atoms with Crippen molar-refractivity contribution in [3.05, 3.63) is 59.3 Å². The third-order valence-electron chi connectivity index (χ3n) is 3.20. The van der Waals surface area contributed by atoms with Gasteiger partial charge < -0.3 is 20.8 Å². The number of aliphatic imine (C=N–C) groups is 1. The van der Waals surface area contributed by atoms with Crippen LogP contribution in [0.1, 0.15) is 21.9 Å². The van der Waals surface area contributed by atoms with Crippen molar-refractivity contribution in [2.45, 2.75) is 13.0 Å². The zero-order valence-corrected chi connectivity index (χ0v) is 15.5. The molecule has 0 unspecified atom stereocenters. The maximum Gasteiger partial charge on any atom is 0.284 e. The molecule has 0 aliphatic carbocycles. The van der Waals surface area contributed by atoms with Crippen molar-refractivity contribution in [2.75, 3.05) is 13.6 Å². The molecule has 0 aliphatic rings. The van der Waals surface area contributed by atoms with Crippen molar-refractivity contribution in [3.63, 3.8) is 0 Å². The van der Waals surface area contributed by atoms with E-state index in [-0.39, 0.29) is 35.6 Å². The lowest BCUT2D eigenvalue weighted by Crippen LogP contribution is -2.37. The SMILES string of the molecule is CN=C(NCCc1ccccc1F)NCc1ccc(C(N)=O)o1.I. The number of primary amides is 1. The highest BCUT2D eigenvalue weighted by atomic mass is 127. The predicted molar refractivity (Wildman–Crippen MR) is 101 cm³/mol. The van der Waals surface area contributed by atoms with Gasteiger partial charge in [0.1, 0.15) is 11.6 Å². The Bertz CT molecular complexity index is 703. The number of carbonyl (C=O) groups is 1. The molecule has 0 atom stereocenters. The molecule has 6 nitrogen and oxygen atoms in total. The van der Waals surface area contributed by atoms with Crippen LogP contribution < -0.4 is 16.4 Å². The number of guanidine groups is 1. The van der Waals surface area contributed by atoms with Gasteiger partial charge in [0.05, 0.1) is 6.54 Å². The van der Waals surface area contributed by atoms with Gasteiger partial charge in [0, 0.05) is 13.6 Å². The summed E-state index contributed by atoms with van der Waals surface area (Å²) in [6.45, 7) is 0.887. The molecule has 24 heavy (non-hydrogen) atoms. The van der Waals surface area contributed by atoms with Crippen molar-refractivity contribution >= 4 is 35.8 Å². The van der Waals surface area contributed by atoms with E-state index in [4.69, 9.17) is 10.2 Å². The lowest BCUT2D eigenvalue weighted by Gasteiger charge is -2.11. The lowest BCUT2D eigenvalue weighted by molar-refractivity contribution is 0.0972. The smallest absolute Gasteiger partial charge is 0.284 e. The summed E-state index contributed by atoms with van der Waals surface area (Å²) in [5.74, 6) is 0.411. The number of carbonyl (C=O) groups excluding carboxylic acids is 1. The molecule has 2 rings (SSSR count). The molecule has 0 spiro atoms. The van der Waals surface area contributed by atoms with Crippen molar-refractivity contribution in [1.82, 2.24) is 10.6 Å². The van der Waals surface area contributed by atoms with E-state index in [0.717, 1.165) is 0 Å². The van der Waals surface area contributed by atoms with Crippen LogP contribution in [0, 0.1) is 5.82 Å². The third-order valence-corrected chi connectivity index (χ3v) is 3.20. The van der Waals surface area contributed by atoms with Gasteiger partial charge >= 0.3 is 0 Å². The molecule has 4 N–H and O–H groups in total. The van der Waals surface area contributed by atoms with E-state index in [1.54, 1.807) is 31.3 Å². The van der Waals surface area contributed by atoms with Gasteiger partial charge in [0.2, 0.25) is 0 Å². The van der Waals surface area contributed by atoms with Gasteiger partial charge in [-0.05, 0) is 30.2 Å². The first kappa shape index (κ1) is 19.9. The molecule has 1 heterocycles. The molecule has 130 valence electrons. The first-order valence-electron chi connectivity index (χ1n) is 7.16. The van der Waals surface area contributed by atoms with Crippen LogP contribution in [0.25, 0.3) is 0 Å². The van der Waals surface area contributed by atoms with Crippen LogP contribution in [-0.4, -0.2) is 25.5 Å². The van der Waals surface area contributed by atoms with Gasteiger partial charge in [0.25, 0.3) is 5.91 Å². The standard InChI is InChI=1S/C16H19FN4O2.HI/c1-19-16(20-9-8-11-4-2-3-5-13(11)17)21-10-12-6-7-14(23-12)15(18)22;/h2-7H,8-10H2,1H3,(H2,18,22)(H2,19,20,21);1H. The van der Waals surface area contributed by atoms with E-state index in [2.05, 4.69) is 15.6 Å². The fourth-order valence-corrected chi connectivity index (χ4v) is 2.01. The fraction of sp³-hybridized carbons (Fsp3) is 0.250. The summed E-state index contributed by atoms with van der Waals surface area (Å²) in [4.78, 5) is 15.0. The normalized spacial score (nSPS) is 10.8. The number of hydrogen-bond donors (Lipinski definition) is 3. The van der Waals surface area contributed by atoms with E-state index in [0.29, 0.717) is 36.8 Å². The molecule has 0 radical (unpaired) electrons. The van der Waals surface area contributed by atoms with E-state index >= 15 is 0 Å². The van der Waals surface area contributed by atoms with Gasteiger partial charge in [-0.25, -0.2) is 4.39 Å². The largest absolute Gasteiger partial charge is 0.454 e. The number of nitrogens with one attached hydrogen (secondary N) is 2. The Morgan fingerprint density at radius 3 is 2.62 bits per heavy atom. The van der Waals surface area contributed by atoms with Crippen LogP contribution in [0.4, 0.5) is 4.39 Å². The summed E-state index contributed by atoms with van der Waals surface area (Å²) in [5, 5.41) is 6.12. The fourth-order valence-electron chi connectivity index (χ4n) is 2.01. The summed E-state index contributed by atoms with van der Waals surface area (Å²) in [5.41, 5.74) is 5.77. The number of nitrogens with zero attached hydrogens (tertiary/aromatic N) is 1. The van der Waals surface area contributed by atoms with Crippen LogP contribution >= 0.6 is 24.0 Å². The minimum Gasteiger partial charge on any atom is -0.454 e. The molecule has 2 aromatic rings. The van der Waals surface area contributed by atoms with Crippen LogP contribution in [0.2, 0.25) is 0 Å². The minimum absolute atomic E-state index is 0. The quantitative estimate of drug-likeness (QED) is 0.360. The maximum atomic E-state index is 13.5. The highest BCUT2D eigenvalue weighted by Crippen LogP contribution is 2.07. The number of benzene rings is 1. The highest BCUT2D eigenvalue weighted by Gasteiger charge is 2.07. The monoisotopic (exact) mass is 446 g/mol. The molecular weight excluding hydrogens is 426 g/mol. The van der Waals surface area contributed by atoms with Gasteiger partial charge in [-0.2, -0.15) is 0 Å². The lowest BCUT2D eigenvalue weighted by atomic mass is 10.1. The van der Waals surface area contributed by atoms with E-state index in [9.17, 15) is 9.18 Å². The van der Waals surface area contributed by atoms with E-state index in [1.807, 2.05) is 0 Å². The molecule has 8 heteroatoms. The first-order chi connectivity index (χ1) is 11.1. The number of hydrogen-bond acceptors (Lipinski definition) is 3. The predicted octanol–water partition coefficient (Wildman–Crippen LogP) is 2.04. The summed E-state index contributed by atoms with van der Waals surface area (Å²) in [7, 11) is 1.63. The number of nitrogens with two attached hydrogens (primary N) is 1. The Balaban J connectivity index is 0.00000288. The van der Waals surface area contributed by atoms with Gasteiger partial charge in [-0.1, -0.05) is 18.2 Å². The average Bonchev–Trinajstić information content (AvgIpc) is 3.01. The Morgan fingerprint density at radius 2 is 2.00 bits per heavy atom. The Hall–Kier alpha value is -2.10. The van der Waals surface area contributed by atoms with E-state index < -0.39 is 5.91 Å². The Labute approximate surface area is 156 Å². The van der Waals surface area contributed by atoms with Crippen molar-refractivity contribution in [3.8, 4) is 0 Å². The van der Waals surface area contributed by atoms with Crippen molar-refractivity contribution in [1.29, 1.82) is 0 Å². The van der Waals surface area contributed by atoms with Gasteiger partial charge in [-0.3, -0.25) is 9.79 Å². The van der Waals surface area contributed by atoms with E-state index in [1.165, 1.54) is 12.1 Å². The van der Waals surface area contributed by atoms with Crippen molar-refractivity contribution < 1.29 is 13.6 Å². The maximum absolute atomic E-state index is 13.5. The first-order valence-corrected chi connectivity index (χ1v) is 7.16. The zero-order valence-electron chi connectivity index (χ0n) is 13.2. The summed E-state index contributed by atoms with van der Waals surface area (Å²) >= 11 is 0. The average molecular weight is 446 g/mol. The van der Waals surface area contributed by atoms with Crippen LogP contribution in [0.15, 0.2) is 45.8 Å². The number of halogens is 2. The molecule has 0 fully saturated rings. The Kier molecular flexibility index (Phi) is 8.24. The molecular formula is C16H20FIN4O2. The van der Waals surface area contributed by atoms with Gasteiger partial charge in [-0.15, -0.1) is 24.0 Å². The molecule has 1 aromatic heterocycles. The van der Waals surface area contributed by atoms with Crippen LogP contribution in [-0.2, 0) is 13.0 Å². The molecule has 0 saturated carbocycles. The third kappa shape index (κ3) is 5.84. The number of amides is 1. The van der Waals surface area contributed by atoms with Gasteiger partial charge in [0.15, 0.2) is 11.7 Å². The number of rotatable bonds is 6. The van der Waals surface area contributed by atoms with Crippen LogP contribution in [0.3, 0.4) is 0 Å². The molecule has 1 amide bonds. The summed E-state index contributed by atoms with van der Waals surface area (Å²) < 4.78 is 18.8. The minimum atomic E-state index is -0.608. The van der Waals surface area contributed by atoms with Crippen LogP contribution in [0.5, 0.6) is 0 Å². The second-order valence-corrected chi connectivity index (χ2v) is 4.82. The zero-order chi connectivity index (χ0) is 16.7. The summed E-state index contributed by atoms with van der Waals surface area (Å²) in [6.07, 6.45) is 0.542.